The first-order chi connectivity index (χ1) is 13.2. The summed E-state index contributed by atoms with van der Waals surface area (Å²) in [5.41, 5.74) is 2.65. The van der Waals surface area contributed by atoms with Crippen molar-refractivity contribution in [1.29, 1.82) is 0 Å². The number of rotatable bonds is 3. The molecule has 2 unspecified atom stereocenters. The number of hydrogen-bond donors (Lipinski definition) is 0. The van der Waals surface area contributed by atoms with Gasteiger partial charge >= 0.3 is 0 Å². The molecule has 1 fully saturated rings. The molecule has 2 aromatic rings. The smallest absolute Gasteiger partial charge is 0.245 e. The molecule has 0 radical (unpaired) electrons. The van der Waals surface area contributed by atoms with E-state index in [2.05, 4.69) is 45.0 Å². The number of hydrogen-bond acceptors (Lipinski definition) is 6. The zero-order valence-electron chi connectivity index (χ0n) is 15.6. The van der Waals surface area contributed by atoms with Crippen LogP contribution in [0.1, 0.15) is 29.9 Å². The average molecular weight is 388 g/mol. The van der Waals surface area contributed by atoms with Crippen molar-refractivity contribution in [2.45, 2.75) is 31.7 Å². The molecule has 1 aromatic carbocycles. The molecule has 5 rings (SSSR count). The SMILES string of the molecule is CC(c1ccc2c(c1)OCC2)N1CCN(c2nc3n(n2)CCS(=O)C3)CC1. The Balaban J connectivity index is 1.24. The zero-order chi connectivity index (χ0) is 18.4. The lowest BCUT2D eigenvalue weighted by Gasteiger charge is -2.37. The predicted molar refractivity (Wildman–Crippen MR) is 105 cm³/mol. The van der Waals surface area contributed by atoms with Gasteiger partial charge in [-0.15, -0.1) is 5.10 Å². The summed E-state index contributed by atoms with van der Waals surface area (Å²) >= 11 is 0. The van der Waals surface area contributed by atoms with Gasteiger partial charge in [0.05, 0.1) is 18.9 Å². The first-order valence-corrected chi connectivity index (χ1v) is 11.2. The zero-order valence-corrected chi connectivity index (χ0v) is 16.5. The summed E-state index contributed by atoms with van der Waals surface area (Å²) in [6.45, 7) is 7.59. The average Bonchev–Trinajstić information content (AvgIpc) is 3.33. The fourth-order valence-corrected chi connectivity index (χ4v) is 5.17. The van der Waals surface area contributed by atoms with Gasteiger partial charge in [0, 0.05) is 55.2 Å². The van der Waals surface area contributed by atoms with E-state index in [0.29, 0.717) is 24.1 Å². The summed E-state index contributed by atoms with van der Waals surface area (Å²) in [5.74, 6) is 3.93. The van der Waals surface area contributed by atoms with E-state index in [-0.39, 0.29) is 0 Å². The molecule has 3 aliphatic rings. The van der Waals surface area contributed by atoms with Crippen LogP contribution in [0.4, 0.5) is 5.95 Å². The topological polar surface area (TPSA) is 63.5 Å². The van der Waals surface area contributed by atoms with Gasteiger partial charge in [0.1, 0.15) is 11.6 Å². The minimum Gasteiger partial charge on any atom is -0.493 e. The van der Waals surface area contributed by atoms with Gasteiger partial charge in [0.2, 0.25) is 5.95 Å². The Bertz CT molecular complexity index is 875. The summed E-state index contributed by atoms with van der Waals surface area (Å²) in [7, 11) is -0.787. The molecule has 144 valence electrons. The quantitative estimate of drug-likeness (QED) is 0.792. The van der Waals surface area contributed by atoms with E-state index in [4.69, 9.17) is 4.74 Å². The van der Waals surface area contributed by atoms with Crippen molar-refractivity contribution >= 4 is 16.7 Å². The Morgan fingerprint density at radius 1 is 1.19 bits per heavy atom. The molecule has 0 aliphatic carbocycles. The lowest BCUT2D eigenvalue weighted by atomic mass is 10.0. The number of aryl methyl sites for hydroxylation is 1. The van der Waals surface area contributed by atoms with E-state index in [9.17, 15) is 4.21 Å². The number of nitrogens with zero attached hydrogens (tertiary/aromatic N) is 5. The molecule has 1 aromatic heterocycles. The lowest BCUT2D eigenvalue weighted by molar-refractivity contribution is 0.197. The summed E-state index contributed by atoms with van der Waals surface area (Å²) < 4.78 is 19.4. The van der Waals surface area contributed by atoms with Gasteiger partial charge < -0.3 is 9.64 Å². The van der Waals surface area contributed by atoms with Crippen molar-refractivity contribution in [2.75, 3.05) is 43.4 Å². The Morgan fingerprint density at radius 2 is 2.04 bits per heavy atom. The van der Waals surface area contributed by atoms with Gasteiger partial charge in [-0.2, -0.15) is 4.98 Å². The third-order valence-corrected chi connectivity index (χ3v) is 7.12. The molecule has 2 atom stereocenters. The normalized spacial score (nSPS) is 23.6. The molecule has 1 saturated heterocycles. The first-order valence-electron chi connectivity index (χ1n) is 9.71. The number of fused-ring (bicyclic) bond motifs is 2. The van der Waals surface area contributed by atoms with E-state index in [0.717, 1.165) is 56.7 Å². The molecule has 0 saturated carbocycles. The molecule has 8 heteroatoms. The highest BCUT2D eigenvalue weighted by atomic mass is 32.2. The minimum absolute atomic E-state index is 0.368. The summed E-state index contributed by atoms with van der Waals surface area (Å²) in [4.78, 5) is 9.41. The molecule has 0 N–H and O–H groups in total. The van der Waals surface area contributed by atoms with Crippen molar-refractivity contribution in [1.82, 2.24) is 19.7 Å². The molecule has 27 heavy (non-hydrogen) atoms. The Hall–Kier alpha value is -1.93. The number of piperazine rings is 1. The Kier molecular flexibility index (Phi) is 4.40. The minimum atomic E-state index is -0.787. The number of ether oxygens (including phenoxy) is 1. The van der Waals surface area contributed by atoms with Crippen LogP contribution < -0.4 is 9.64 Å². The van der Waals surface area contributed by atoms with Gasteiger partial charge in [-0.25, -0.2) is 4.68 Å². The van der Waals surface area contributed by atoms with Crippen molar-refractivity contribution in [2.24, 2.45) is 0 Å². The van der Waals surface area contributed by atoms with Gasteiger partial charge in [-0.1, -0.05) is 12.1 Å². The maximum absolute atomic E-state index is 11.7. The highest BCUT2D eigenvalue weighted by Crippen LogP contribution is 2.31. The van der Waals surface area contributed by atoms with Gasteiger partial charge in [0.15, 0.2) is 0 Å². The van der Waals surface area contributed by atoms with E-state index in [1.54, 1.807) is 0 Å². The lowest BCUT2D eigenvalue weighted by Crippen LogP contribution is -2.47. The highest BCUT2D eigenvalue weighted by molar-refractivity contribution is 7.84. The largest absolute Gasteiger partial charge is 0.493 e. The fourth-order valence-electron chi connectivity index (χ4n) is 4.15. The second-order valence-electron chi connectivity index (χ2n) is 7.50. The van der Waals surface area contributed by atoms with E-state index >= 15 is 0 Å². The number of benzene rings is 1. The van der Waals surface area contributed by atoms with Gasteiger partial charge in [0.25, 0.3) is 0 Å². The van der Waals surface area contributed by atoms with Crippen molar-refractivity contribution in [3.63, 3.8) is 0 Å². The Morgan fingerprint density at radius 3 is 2.89 bits per heavy atom. The van der Waals surface area contributed by atoms with Crippen LogP contribution in [-0.4, -0.2) is 62.4 Å². The van der Waals surface area contributed by atoms with Crippen LogP contribution in [0.15, 0.2) is 18.2 Å². The summed E-state index contributed by atoms with van der Waals surface area (Å²) in [6, 6.07) is 7.04. The third kappa shape index (κ3) is 3.25. The second-order valence-corrected chi connectivity index (χ2v) is 9.08. The van der Waals surface area contributed by atoms with Crippen LogP contribution in [0.2, 0.25) is 0 Å². The fraction of sp³-hybridized carbons (Fsp3) is 0.579. The van der Waals surface area contributed by atoms with Crippen molar-refractivity contribution in [3.8, 4) is 5.75 Å². The maximum atomic E-state index is 11.7. The van der Waals surface area contributed by atoms with Crippen LogP contribution >= 0.6 is 0 Å². The summed E-state index contributed by atoms with van der Waals surface area (Å²) in [6.07, 6.45) is 1.03. The standard InChI is InChI=1S/C19H25N5O2S/c1-14(16-3-2-15-4-10-26-17(15)12-16)22-5-7-23(8-6-22)19-20-18-13-27(25)11-9-24(18)21-19/h2-3,12,14H,4-11,13H2,1H3. The van der Waals surface area contributed by atoms with Crippen LogP contribution in [0.5, 0.6) is 5.75 Å². The number of anilines is 1. The maximum Gasteiger partial charge on any atom is 0.245 e. The Labute approximate surface area is 161 Å². The van der Waals surface area contributed by atoms with E-state index in [1.165, 1.54) is 11.1 Å². The molecule has 0 amide bonds. The van der Waals surface area contributed by atoms with Crippen LogP contribution in [0.3, 0.4) is 0 Å². The van der Waals surface area contributed by atoms with Gasteiger partial charge in [-0.05, 0) is 24.1 Å². The molecule has 0 spiro atoms. The van der Waals surface area contributed by atoms with Crippen LogP contribution in [0.25, 0.3) is 0 Å². The molecular formula is C19H25N5O2S. The van der Waals surface area contributed by atoms with Crippen molar-refractivity contribution < 1.29 is 8.95 Å². The van der Waals surface area contributed by atoms with Crippen LogP contribution in [-0.2, 0) is 29.5 Å². The highest BCUT2D eigenvalue weighted by Gasteiger charge is 2.27. The molecule has 7 nitrogen and oxygen atoms in total. The van der Waals surface area contributed by atoms with E-state index in [1.807, 2.05) is 4.68 Å². The predicted octanol–water partition coefficient (Wildman–Crippen LogP) is 1.36. The molecule has 4 heterocycles. The van der Waals surface area contributed by atoms with E-state index < -0.39 is 10.8 Å². The summed E-state index contributed by atoms with van der Waals surface area (Å²) in [5, 5.41) is 4.64. The molecular weight excluding hydrogens is 362 g/mol. The second kappa shape index (κ2) is 6.91. The number of aromatic nitrogens is 3. The van der Waals surface area contributed by atoms with Crippen LogP contribution in [0, 0.1) is 0 Å². The molecule has 3 aliphatic heterocycles. The van der Waals surface area contributed by atoms with Crippen molar-refractivity contribution in [3.05, 3.63) is 35.2 Å². The first kappa shape index (κ1) is 17.2. The third-order valence-electron chi connectivity index (χ3n) is 5.91. The monoisotopic (exact) mass is 387 g/mol. The molecule has 0 bridgehead atoms. The van der Waals surface area contributed by atoms with Gasteiger partial charge in [-0.3, -0.25) is 9.11 Å².